The molecule has 0 saturated carbocycles. The Kier molecular flexibility index (Phi) is 4.55. The summed E-state index contributed by atoms with van der Waals surface area (Å²) in [4.78, 5) is 0. The molecule has 0 unspecified atom stereocenters. The van der Waals surface area contributed by atoms with Gasteiger partial charge in [0.25, 0.3) is 16.0 Å². The van der Waals surface area contributed by atoms with Crippen LogP contribution < -0.4 is 5.32 Å². The fourth-order valence-corrected chi connectivity index (χ4v) is 2.79. The molecular weight excluding hydrogens is 264 g/mol. The molecule has 0 fully saturated rings. The summed E-state index contributed by atoms with van der Waals surface area (Å²) in [6, 6.07) is 10.1. The lowest BCUT2D eigenvalue weighted by atomic mass is 10.2. The zero-order valence-corrected chi connectivity index (χ0v) is 11.6. The minimum Gasteiger partial charge on any atom is -0.286 e. The first-order valence-corrected chi connectivity index (χ1v) is 8.03. The van der Waals surface area contributed by atoms with Gasteiger partial charge in [0.1, 0.15) is 13.1 Å². The molecule has 2 rings (SSSR count). The van der Waals surface area contributed by atoms with E-state index in [1.807, 2.05) is 18.2 Å². The number of hydrogen-bond acceptors (Lipinski definition) is 3. The van der Waals surface area contributed by atoms with E-state index < -0.39 is 10.1 Å². The highest BCUT2D eigenvalue weighted by Gasteiger charge is 2.21. The van der Waals surface area contributed by atoms with Crippen LogP contribution in [0.15, 0.2) is 30.3 Å². The Morgan fingerprint density at radius 3 is 2.63 bits per heavy atom. The molecule has 1 aliphatic heterocycles. The van der Waals surface area contributed by atoms with Crippen LogP contribution >= 0.6 is 0 Å². The Morgan fingerprint density at radius 2 is 1.95 bits per heavy atom. The van der Waals surface area contributed by atoms with Gasteiger partial charge in [-0.3, -0.25) is 14.4 Å². The first kappa shape index (κ1) is 14.0. The molecular formula is C13H19N2O3S+. The summed E-state index contributed by atoms with van der Waals surface area (Å²) in [5.74, 6) is 0.946. The topological polar surface area (TPSA) is 69.4 Å². The van der Waals surface area contributed by atoms with E-state index in [4.69, 9.17) is 4.55 Å². The summed E-state index contributed by atoms with van der Waals surface area (Å²) in [6.45, 7) is 2.63. The molecule has 5 nitrogen and oxygen atoms in total. The van der Waals surface area contributed by atoms with Gasteiger partial charge in [-0.25, -0.2) is 0 Å². The minimum absolute atomic E-state index is 0.158. The number of nitrogens with zero attached hydrogens (tertiary/aromatic N) is 1. The largest absolute Gasteiger partial charge is 0.286 e. The standard InChI is InChI=1S/C13H18N2O3S/c16-19(17,18)11-5-4-9-15-10-8-14-13(15)12-6-2-1-3-7-12/h1-3,6-7H,4-5,8-11H2,(H,16,17,18)/p+1. The van der Waals surface area contributed by atoms with Gasteiger partial charge in [-0.1, -0.05) is 18.2 Å². The zero-order chi connectivity index (χ0) is 13.7. The molecule has 1 aliphatic rings. The second kappa shape index (κ2) is 6.16. The van der Waals surface area contributed by atoms with E-state index in [1.54, 1.807) is 0 Å². The summed E-state index contributed by atoms with van der Waals surface area (Å²) in [7, 11) is -3.83. The Bertz CT molecular complexity index is 553. The number of nitrogens with one attached hydrogen (secondary N) is 1. The third kappa shape index (κ3) is 4.33. The Labute approximate surface area is 113 Å². The van der Waals surface area contributed by atoms with Crippen LogP contribution in [0, 0.1) is 0 Å². The molecule has 6 heteroatoms. The van der Waals surface area contributed by atoms with Crippen LogP contribution in [0.25, 0.3) is 0 Å². The van der Waals surface area contributed by atoms with E-state index in [2.05, 4.69) is 22.0 Å². The molecule has 104 valence electrons. The van der Waals surface area contributed by atoms with Crippen LogP contribution in [0.1, 0.15) is 18.4 Å². The van der Waals surface area contributed by atoms with E-state index >= 15 is 0 Å². The van der Waals surface area contributed by atoms with Gasteiger partial charge in [-0.05, 0) is 25.0 Å². The lowest BCUT2D eigenvalue weighted by Crippen LogP contribution is -2.24. The number of rotatable bonds is 6. The first-order chi connectivity index (χ1) is 9.06. The van der Waals surface area contributed by atoms with E-state index in [9.17, 15) is 8.42 Å². The number of benzene rings is 1. The quantitative estimate of drug-likeness (QED) is 0.458. The van der Waals surface area contributed by atoms with Crippen molar-refractivity contribution < 1.29 is 17.5 Å². The molecule has 0 atom stereocenters. The van der Waals surface area contributed by atoms with Crippen LogP contribution in [0.2, 0.25) is 0 Å². The van der Waals surface area contributed by atoms with Gasteiger partial charge in [-0.15, -0.1) is 0 Å². The van der Waals surface area contributed by atoms with Crippen molar-refractivity contribution in [2.75, 3.05) is 25.4 Å². The third-order valence-corrected chi connectivity index (χ3v) is 3.92. The Balaban J connectivity index is 1.95. The molecule has 1 aromatic rings. The van der Waals surface area contributed by atoms with Gasteiger partial charge < -0.3 is 0 Å². The van der Waals surface area contributed by atoms with Gasteiger partial charge in [-0.2, -0.15) is 8.42 Å². The lowest BCUT2D eigenvalue weighted by molar-refractivity contribution is -0.517. The second-order valence-electron chi connectivity index (χ2n) is 4.62. The van der Waals surface area contributed by atoms with Crippen molar-refractivity contribution in [2.45, 2.75) is 12.8 Å². The molecule has 0 saturated heterocycles. The lowest BCUT2D eigenvalue weighted by Gasteiger charge is -2.04. The van der Waals surface area contributed by atoms with Crippen molar-refractivity contribution in [3.63, 3.8) is 0 Å². The summed E-state index contributed by atoms with van der Waals surface area (Å²) in [6.07, 6.45) is 1.23. The van der Waals surface area contributed by atoms with Crippen LogP contribution in [-0.4, -0.2) is 48.8 Å². The van der Waals surface area contributed by atoms with Gasteiger partial charge in [0.2, 0.25) is 0 Å². The molecule has 1 heterocycles. The smallest absolute Gasteiger partial charge is 0.277 e. The SMILES string of the molecule is O=S(=O)(O)CCCC[N+]1=C(c2ccccc2)NCC1. The fraction of sp³-hybridized carbons (Fsp3) is 0.462. The zero-order valence-electron chi connectivity index (χ0n) is 10.7. The van der Waals surface area contributed by atoms with Crippen LogP contribution in [0.5, 0.6) is 0 Å². The highest BCUT2D eigenvalue weighted by atomic mass is 32.2. The summed E-state index contributed by atoms with van der Waals surface area (Å²) < 4.78 is 32.2. The molecule has 19 heavy (non-hydrogen) atoms. The molecule has 0 amide bonds. The van der Waals surface area contributed by atoms with Gasteiger partial charge in [0, 0.05) is 0 Å². The molecule has 0 aliphatic carbocycles. The van der Waals surface area contributed by atoms with Crippen molar-refractivity contribution in [1.82, 2.24) is 5.32 Å². The number of hydrogen-bond donors (Lipinski definition) is 2. The predicted octanol–water partition coefficient (Wildman–Crippen LogP) is 0.717. The molecule has 2 N–H and O–H groups in total. The van der Waals surface area contributed by atoms with Crippen molar-refractivity contribution in [1.29, 1.82) is 0 Å². The Hall–Kier alpha value is -1.40. The van der Waals surface area contributed by atoms with Crippen LogP contribution in [0.3, 0.4) is 0 Å². The van der Waals surface area contributed by atoms with Crippen molar-refractivity contribution in [2.24, 2.45) is 0 Å². The molecule has 1 aromatic carbocycles. The van der Waals surface area contributed by atoms with Gasteiger partial charge in [0.05, 0.1) is 17.9 Å². The van der Waals surface area contributed by atoms with Crippen LogP contribution in [0.4, 0.5) is 0 Å². The number of unbranched alkanes of at least 4 members (excludes halogenated alkanes) is 1. The minimum atomic E-state index is -3.83. The Morgan fingerprint density at radius 1 is 1.21 bits per heavy atom. The molecule has 0 bridgehead atoms. The van der Waals surface area contributed by atoms with E-state index in [1.165, 1.54) is 0 Å². The predicted molar refractivity (Wildman–Crippen MR) is 74.2 cm³/mol. The van der Waals surface area contributed by atoms with E-state index in [0.29, 0.717) is 6.42 Å². The summed E-state index contributed by atoms with van der Waals surface area (Å²) in [5, 5.41) is 3.36. The summed E-state index contributed by atoms with van der Waals surface area (Å²) >= 11 is 0. The van der Waals surface area contributed by atoms with Gasteiger partial charge >= 0.3 is 0 Å². The number of amidine groups is 1. The molecule has 0 spiro atoms. The average Bonchev–Trinajstić information content (AvgIpc) is 2.83. The van der Waals surface area contributed by atoms with Crippen molar-refractivity contribution in [3.05, 3.63) is 35.9 Å². The average molecular weight is 283 g/mol. The van der Waals surface area contributed by atoms with Gasteiger partial charge in [0.15, 0.2) is 0 Å². The van der Waals surface area contributed by atoms with Crippen molar-refractivity contribution >= 4 is 16.0 Å². The maximum atomic E-state index is 10.6. The second-order valence-corrected chi connectivity index (χ2v) is 6.19. The molecule has 0 radical (unpaired) electrons. The van der Waals surface area contributed by atoms with Crippen LogP contribution in [-0.2, 0) is 10.1 Å². The normalized spacial score (nSPS) is 15.6. The maximum absolute atomic E-state index is 10.6. The highest BCUT2D eigenvalue weighted by molar-refractivity contribution is 7.85. The maximum Gasteiger partial charge on any atom is 0.277 e. The fourth-order valence-electron chi connectivity index (χ4n) is 2.22. The monoisotopic (exact) mass is 283 g/mol. The van der Waals surface area contributed by atoms with E-state index in [-0.39, 0.29) is 5.75 Å². The highest BCUT2D eigenvalue weighted by Crippen LogP contribution is 2.04. The molecule has 0 aromatic heterocycles. The third-order valence-electron chi connectivity index (χ3n) is 3.12. The first-order valence-electron chi connectivity index (χ1n) is 6.42. The van der Waals surface area contributed by atoms with E-state index in [0.717, 1.165) is 37.5 Å². The summed E-state index contributed by atoms with van der Waals surface area (Å²) in [5.41, 5.74) is 1.15. The van der Waals surface area contributed by atoms with Crippen molar-refractivity contribution in [3.8, 4) is 0 Å².